The van der Waals surface area contributed by atoms with Gasteiger partial charge in [-0.3, -0.25) is 4.79 Å². The Labute approximate surface area is 127 Å². The molecule has 20 heavy (non-hydrogen) atoms. The van der Waals surface area contributed by atoms with Gasteiger partial charge in [0, 0.05) is 11.0 Å². The molecule has 0 spiro atoms. The van der Waals surface area contributed by atoms with Crippen molar-refractivity contribution in [3.63, 3.8) is 0 Å². The Morgan fingerprint density at radius 3 is 2.75 bits per heavy atom. The largest absolute Gasteiger partial charge is 0.324 e. The summed E-state index contributed by atoms with van der Waals surface area (Å²) in [4.78, 5) is 12.3. The average molecular weight is 361 g/mol. The summed E-state index contributed by atoms with van der Waals surface area (Å²) in [5.41, 5.74) is 1.73. The van der Waals surface area contributed by atoms with Gasteiger partial charge in [-0.2, -0.15) is 4.31 Å². The van der Waals surface area contributed by atoms with Gasteiger partial charge in [0.05, 0.1) is 11.9 Å². The lowest BCUT2D eigenvalue weighted by Crippen LogP contribution is -2.42. The lowest BCUT2D eigenvalue weighted by atomic mass is 10.2. The topological polar surface area (TPSA) is 66.5 Å². The van der Waals surface area contributed by atoms with E-state index in [2.05, 4.69) is 21.2 Å². The number of carbonyl (C=O) groups excluding carboxylic acids is 1. The van der Waals surface area contributed by atoms with Gasteiger partial charge in [0.2, 0.25) is 15.9 Å². The van der Waals surface area contributed by atoms with Gasteiger partial charge in [0.15, 0.2) is 0 Å². The van der Waals surface area contributed by atoms with Gasteiger partial charge >= 0.3 is 0 Å². The Kier molecular flexibility index (Phi) is 4.51. The molecule has 2 rings (SSSR count). The molecule has 0 aliphatic carbocycles. The van der Waals surface area contributed by atoms with Crippen LogP contribution in [0, 0.1) is 6.92 Å². The molecular formula is C13H17BrN2O3S. The summed E-state index contributed by atoms with van der Waals surface area (Å²) >= 11 is 3.39. The van der Waals surface area contributed by atoms with Gasteiger partial charge in [0.25, 0.3) is 0 Å². The SMILES string of the molecule is Cc1ccc(NC(=O)[C@H]2CCCN2S(C)(=O)=O)c(Br)c1. The molecular weight excluding hydrogens is 344 g/mol. The Bertz CT molecular complexity index is 631. The number of nitrogens with zero attached hydrogens (tertiary/aromatic N) is 1. The highest BCUT2D eigenvalue weighted by molar-refractivity contribution is 9.10. The first-order valence-corrected chi connectivity index (χ1v) is 8.97. The van der Waals surface area contributed by atoms with Crippen molar-refractivity contribution in [3.05, 3.63) is 28.2 Å². The second kappa shape index (κ2) is 5.83. The van der Waals surface area contributed by atoms with Crippen LogP contribution < -0.4 is 5.32 Å². The molecule has 1 aromatic rings. The third-order valence-corrected chi connectivity index (χ3v) is 5.26. The second-order valence-corrected chi connectivity index (χ2v) is 7.79. The number of rotatable bonds is 3. The van der Waals surface area contributed by atoms with Crippen LogP contribution in [-0.4, -0.2) is 37.5 Å². The Balaban J connectivity index is 2.16. The molecule has 1 aliphatic heterocycles. The summed E-state index contributed by atoms with van der Waals surface area (Å²) < 4.78 is 25.4. The first kappa shape index (κ1) is 15.5. The number of aryl methyl sites for hydroxylation is 1. The second-order valence-electron chi connectivity index (χ2n) is 5.00. The van der Waals surface area contributed by atoms with Gasteiger partial charge in [-0.1, -0.05) is 6.07 Å². The van der Waals surface area contributed by atoms with Gasteiger partial charge < -0.3 is 5.32 Å². The molecule has 110 valence electrons. The lowest BCUT2D eigenvalue weighted by Gasteiger charge is -2.21. The van der Waals surface area contributed by atoms with Crippen molar-refractivity contribution >= 4 is 37.5 Å². The predicted octanol–water partition coefficient (Wildman–Crippen LogP) is 2.12. The third-order valence-electron chi connectivity index (χ3n) is 3.31. The zero-order valence-electron chi connectivity index (χ0n) is 11.4. The van der Waals surface area contributed by atoms with E-state index in [0.29, 0.717) is 25.1 Å². The van der Waals surface area contributed by atoms with Crippen LogP contribution in [0.2, 0.25) is 0 Å². The molecule has 5 nitrogen and oxygen atoms in total. The third kappa shape index (κ3) is 3.39. The minimum atomic E-state index is -3.35. The van der Waals surface area contributed by atoms with Gasteiger partial charge in [-0.25, -0.2) is 8.42 Å². The minimum Gasteiger partial charge on any atom is -0.324 e. The van der Waals surface area contributed by atoms with Crippen molar-refractivity contribution in [2.45, 2.75) is 25.8 Å². The maximum Gasteiger partial charge on any atom is 0.242 e. The summed E-state index contributed by atoms with van der Waals surface area (Å²) in [6, 6.07) is 4.98. The monoisotopic (exact) mass is 360 g/mol. The molecule has 1 saturated heterocycles. The van der Waals surface area contributed by atoms with Crippen LogP contribution in [0.5, 0.6) is 0 Å². The van der Waals surface area contributed by atoms with Gasteiger partial charge in [0.1, 0.15) is 6.04 Å². The predicted molar refractivity (Wildman–Crippen MR) is 82.1 cm³/mol. The number of hydrogen-bond acceptors (Lipinski definition) is 3. The van der Waals surface area contributed by atoms with E-state index in [1.54, 1.807) is 6.07 Å². The zero-order valence-corrected chi connectivity index (χ0v) is 13.8. The quantitative estimate of drug-likeness (QED) is 0.897. The summed E-state index contributed by atoms with van der Waals surface area (Å²) in [6.07, 6.45) is 2.41. The standard InChI is InChI=1S/C13H17BrN2O3S/c1-9-5-6-11(10(14)8-9)15-13(17)12-4-3-7-16(12)20(2,18)19/h5-6,8,12H,3-4,7H2,1-2H3,(H,15,17)/t12-/m1/s1. The van der Waals surface area contributed by atoms with Crippen molar-refractivity contribution in [2.24, 2.45) is 0 Å². The number of anilines is 1. The molecule has 7 heteroatoms. The highest BCUT2D eigenvalue weighted by atomic mass is 79.9. The van der Waals surface area contributed by atoms with Gasteiger partial charge in [-0.15, -0.1) is 0 Å². The first-order valence-electron chi connectivity index (χ1n) is 6.33. The molecule has 1 fully saturated rings. The highest BCUT2D eigenvalue weighted by Gasteiger charge is 2.36. The van der Waals surface area contributed by atoms with E-state index in [4.69, 9.17) is 0 Å². The molecule has 1 aliphatic rings. The number of halogens is 1. The van der Waals surface area contributed by atoms with E-state index in [1.165, 1.54) is 4.31 Å². The van der Waals surface area contributed by atoms with Crippen LogP contribution in [0.4, 0.5) is 5.69 Å². The average Bonchev–Trinajstić information content (AvgIpc) is 2.81. The van der Waals surface area contributed by atoms with Crippen LogP contribution >= 0.6 is 15.9 Å². The minimum absolute atomic E-state index is 0.280. The number of amides is 1. The Hall–Kier alpha value is -0.920. The molecule has 1 aromatic carbocycles. The molecule has 0 radical (unpaired) electrons. The van der Waals surface area contributed by atoms with Crippen LogP contribution in [-0.2, 0) is 14.8 Å². The molecule has 1 N–H and O–H groups in total. The summed E-state index contributed by atoms with van der Waals surface area (Å²) in [5.74, 6) is -0.280. The maximum absolute atomic E-state index is 12.3. The van der Waals surface area contributed by atoms with Crippen molar-refractivity contribution < 1.29 is 13.2 Å². The van der Waals surface area contributed by atoms with Crippen molar-refractivity contribution in [1.82, 2.24) is 4.31 Å². The van der Waals surface area contributed by atoms with E-state index in [-0.39, 0.29) is 5.91 Å². The molecule has 0 bridgehead atoms. The number of sulfonamides is 1. The fourth-order valence-corrected chi connectivity index (χ4v) is 4.05. The molecule has 1 heterocycles. The summed E-state index contributed by atoms with van der Waals surface area (Å²) in [6.45, 7) is 2.37. The first-order chi connectivity index (χ1) is 9.29. The van der Waals surface area contributed by atoms with Crippen molar-refractivity contribution in [3.8, 4) is 0 Å². The fourth-order valence-electron chi connectivity index (χ4n) is 2.34. The number of hydrogen-bond donors (Lipinski definition) is 1. The normalized spacial score (nSPS) is 20.1. The molecule has 1 amide bonds. The fraction of sp³-hybridized carbons (Fsp3) is 0.462. The zero-order chi connectivity index (χ0) is 14.9. The number of carbonyl (C=O) groups is 1. The number of benzene rings is 1. The van der Waals surface area contributed by atoms with E-state index in [1.807, 2.05) is 19.1 Å². The highest BCUT2D eigenvalue weighted by Crippen LogP contribution is 2.26. The molecule has 0 aromatic heterocycles. The van der Waals surface area contributed by atoms with E-state index < -0.39 is 16.1 Å². The van der Waals surface area contributed by atoms with Crippen LogP contribution in [0.25, 0.3) is 0 Å². The van der Waals surface area contributed by atoms with Crippen LogP contribution in [0.15, 0.2) is 22.7 Å². The van der Waals surface area contributed by atoms with E-state index in [9.17, 15) is 13.2 Å². The summed E-state index contributed by atoms with van der Waals surface area (Å²) in [7, 11) is -3.35. The lowest BCUT2D eigenvalue weighted by molar-refractivity contribution is -0.119. The maximum atomic E-state index is 12.3. The molecule has 0 saturated carbocycles. The van der Waals surface area contributed by atoms with Crippen molar-refractivity contribution in [2.75, 3.05) is 18.1 Å². The van der Waals surface area contributed by atoms with Crippen LogP contribution in [0.3, 0.4) is 0 Å². The Morgan fingerprint density at radius 1 is 1.45 bits per heavy atom. The Morgan fingerprint density at radius 2 is 2.15 bits per heavy atom. The smallest absolute Gasteiger partial charge is 0.242 e. The summed E-state index contributed by atoms with van der Waals surface area (Å²) in [5, 5.41) is 2.79. The van der Waals surface area contributed by atoms with E-state index in [0.717, 1.165) is 16.3 Å². The molecule has 0 unspecified atom stereocenters. The van der Waals surface area contributed by atoms with E-state index >= 15 is 0 Å². The number of nitrogens with one attached hydrogen (secondary N) is 1. The van der Waals surface area contributed by atoms with Gasteiger partial charge in [-0.05, 0) is 53.4 Å². The molecule has 1 atom stereocenters. The van der Waals surface area contributed by atoms with Crippen LogP contribution in [0.1, 0.15) is 18.4 Å². The van der Waals surface area contributed by atoms with Crippen molar-refractivity contribution in [1.29, 1.82) is 0 Å².